The van der Waals surface area contributed by atoms with Gasteiger partial charge in [0.2, 0.25) is 5.91 Å². The molecule has 0 aliphatic carbocycles. The van der Waals surface area contributed by atoms with Gasteiger partial charge in [-0.2, -0.15) is 0 Å². The minimum atomic E-state index is -1.02. The minimum absolute atomic E-state index is 0.228. The van der Waals surface area contributed by atoms with E-state index < -0.39 is 11.6 Å². The summed E-state index contributed by atoms with van der Waals surface area (Å²) in [5.74, 6) is 1.41. The van der Waals surface area contributed by atoms with E-state index in [0.29, 0.717) is 13.0 Å². The Labute approximate surface area is 220 Å². The molecule has 0 saturated carbocycles. The number of para-hydroxylation sites is 1. The minimum Gasteiger partial charge on any atom is -0.361 e. The molecule has 0 radical (unpaired) electrons. The van der Waals surface area contributed by atoms with Crippen LogP contribution in [-0.4, -0.2) is 31.2 Å². The fraction of sp³-hybridized carbons (Fsp3) is 0.276. The first-order valence-corrected chi connectivity index (χ1v) is 13.4. The fourth-order valence-electron chi connectivity index (χ4n) is 4.49. The largest absolute Gasteiger partial charge is 0.361 e. The molecule has 5 aromatic rings. The molecule has 0 saturated heterocycles. The molecule has 0 fully saturated rings. The molecule has 0 spiro atoms. The summed E-state index contributed by atoms with van der Waals surface area (Å²) in [6.45, 7) is 4.08. The second-order valence-electron chi connectivity index (χ2n) is 9.94. The smallest absolute Gasteiger partial charge is 0.240 e. The summed E-state index contributed by atoms with van der Waals surface area (Å²) < 4.78 is 2.16. The average Bonchev–Trinajstić information content (AvgIpc) is 3.64. The van der Waals surface area contributed by atoms with Crippen LogP contribution >= 0.6 is 11.3 Å². The van der Waals surface area contributed by atoms with Crippen LogP contribution in [0.4, 0.5) is 0 Å². The Bertz CT molecular complexity index is 1460. The lowest BCUT2D eigenvalue weighted by atomic mass is 10.0. The number of aromatic amines is 1. The van der Waals surface area contributed by atoms with Crippen LogP contribution in [0.1, 0.15) is 47.5 Å². The molecule has 190 valence electrons. The molecule has 0 bridgehead atoms. The number of aryl methyl sites for hydroxylation is 2. The van der Waals surface area contributed by atoms with Gasteiger partial charge in [0.15, 0.2) is 5.82 Å². The number of aromatic nitrogens is 4. The van der Waals surface area contributed by atoms with Gasteiger partial charge < -0.3 is 20.6 Å². The van der Waals surface area contributed by atoms with E-state index in [0.717, 1.165) is 41.0 Å². The normalized spacial score (nSPS) is 12.6. The number of hydrogen-bond donors (Lipinski definition) is 3. The Hall–Kier alpha value is -3.75. The number of carbonyl (C=O) groups is 1. The van der Waals surface area contributed by atoms with Gasteiger partial charge in [-0.15, -0.1) is 21.5 Å². The molecule has 3 heterocycles. The Kier molecular flexibility index (Phi) is 7.21. The molecule has 1 amide bonds. The van der Waals surface area contributed by atoms with E-state index in [1.165, 1.54) is 10.4 Å². The lowest BCUT2D eigenvalue weighted by Gasteiger charge is -2.24. The van der Waals surface area contributed by atoms with Crippen molar-refractivity contribution < 1.29 is 4.79 Å². The van der Waals surface area contributed by atoms with Gasteiger partial charge in [0, 0.05) is 34.8 Å². The molecule has 7 nitrogen and oxygen atoms in total. The van der Waals surface area contributed by atoms with Crippen molar-refractivity contribution in [1.82, 2.24) is 25.1 Å². The van der Waals surface area contributed by atoms with Gasteiger partial charge in [0.25, 0.3) is 0 Å². The Morgan fingerprint density at radius 1 is 1.05 bits per heavy atom. The number of thiophene rings is 1. The van der Waals surface area contributed by atoms with Gasteiger partial charge in [-0.3, -0.25) is 4.79 Å². The summed E-state index contributed by atoms with van der Waals surface area (Å²) in [6, 6.07) is 22.3. The quantitative estimate of drug-likeness (QED) is 0.250. The fourth-order valence-corrected chi connectivity index (χ4v) is 5.19. The number of carbonyl (C=O) groups excluding carboxylic acids is 1. The Balaban J connectivity index is 1.52. The van der Waals surface area contributed by atoms with Crippen molar-refractivity contribution in [2.24, 2.45) is 5.73 Å². The first-order chi connectivity index (χ1) is 17.9. The molecule has 2 aromatic carbocycles. The number of benzene rings is 2. The summed E-state index contributed by atoms with van der Waals surface area (Å²) >= 11 is 1.70. The Morgan fingerprint density at radius 3 is 2.59 bits per heavy atom. The number of amides is 1. The zero-order valence-electron chi connectivity index (χ0n) is 21.1. The first-order valence-electron chi connectivity index (χ1n) is 12.5. The van der Waals surface area contributed by atoms with Gasteiger partial charge in [-0.05, 0) is 48.9 Å². The molecule has 1 unspecified atom stereocenters. The highest BCUT2D eigenvalue weighted by atomic mass is 32.1. The maximum absolute atomic E-state index is 13.1. The van der Waals surface area contributed by atoms with E-state index in [9.17, 15) is 4.79 Å². The van der Waals surface area contributed by atoms with E-state index in [1.807, 2.05) is 24.4 Å². The van der Waals surface area contributed by atoms with E-state index >= 15 is 0 Å². The van der Waals surface area contributed by atoms with Crippen LogP contribution in [0.2, 0.25) is 0 Å². The summed E-state index contributed by atoms with van der Waals surface area (Å²) in [4.78, 5) is 17.6. The number of H-pyrrole nitrogens is 1. The predicted octanol–water partition coefficient (Wildman–Crippen LogP) is 4.79. The third-order valence-electron chi connectivity index (χ3n) is 6.53. The topological polar surface area (TPSA) is 102 Å². The number of rotatable bonds is 10. The van der Waals surface area contributed by atoms with Crippen molar-refractivity contribution >= 4 is 28.1 Å². The number of fused-ring (bicyclic) bond motifs is 1. The number of nitrogens with one attached hydrogen (secondary N) is 2. The molecule has 0 aliphatic heterocycles. The second-order valence-corrected chi connectivity index (χ2v) is 11.0. The van der Waals surface area contributed by atoms with Gasteiger partial charge in [-0.1, -0.05) is 54.6 Å². The highest BCUT2D eigenvalue weighted by Gasteiger charge is 2.29. The van der Waals surface area contributed by atoms with Gasteiger partial charge in [-0.25, -0.2) is 0 Å². The van der Waals surface area contributed by atoms with Crippen molar-refractivity contribution in [2.45, 2.75) is 51.2 Å². The SMILES string of the molecule is CC(C)(N)C(=O)NC(Cc1c[nH]c2ccccc12)c1nnc(CCc2ccccc2)n1Cc1cccs1. The van der Waals surface area contributed by atoms with Crippen molar-refractivity contribution in [1.29, 1.82) is 0 Å². The summed E-state index contributed by atoms with van der Waals surface area (Å²) in [5, 5.41) is 15.7. The lowest BCUT2D eigenvalue weighted by Crippen LogP contribution is -2.50. The van der Waals surface area contributed by atoms with Crippen molar-refractivity contribution in [2.75, 3.05) is 0 Å². The molecule has 8 heteroatoms. The summed E-state index contributed by atoms with van der Waals surface area (Å²) in [7, 11) is 0. The summed E-state index contributed by atoms with van der Waals surface area (Å²) in [5.41, 5.74) is 8.57. The molecule has 1 atom stereocenters. The zero-order valence-corrected chi connectivity index (χ0v) is 22.0. The molecule has 37 heavy (non-hydrogen) atoms. The standard InChI is InChI=1S/C29H32N6OS/c1-29(2,30)28(36)32-25(17-21-18-31-24-13-7-6-12-23(21)24)27-34-33-26(15-14-20-9-4-3-5-10-20)35(27)19-22-11-8-16-37-22/h3-13,16,18,25,31H,14-15,17,19,30H2,1-2H3,(H,32,36). The molecule has 0 aliphatic rings. The maximum atomic E-state index is 13.1. The first kappa shape index (κ1) is 24.9. The van der Waals surface area contributed by atoms with Crippen LogP contribution < -0.4 is 11.1 Å². The highest BCUT2D eigenvalue weighted by molar-refractivity contribution is 7.09. The predicted molar refractivity (Wildman–Crippen MR) is 148 cm³/mol. The van der Waals surface area contributed by atoms with Gasteiger partial charge in [0.05, 0.1) is 18.1 Å². The van der Waals surface area contributed by atoms with Crippen LogP contribution in [0.25, 0.3) is 10.9 Å². The van der Waals surface area contributed by atoms with E-state index in [4.69, 9.17) is 5.73 Å². The van der Waals surface area contributed by atoms with Gasteiger partial charge >= 0.3 is 0 Å². The molecular weight excluding hydrogens is 480 g/mol. The maximum Gasteiger partial charge on any atom is 0.240 e. The van der Waals surface area contributed by atoms with Crippen molar-refractivity contribution in [3.63, 3.8) is 0 Å². The number of nitrogens with two attached hydrogens (primary N) is 1. The average molecular weight is 513 g/mol. The Morgan fingerprint density at radius 2 is 1.84 bits per heavy atom. The van der Waals surface area contributed by atoms with Crippen LogP contribution in [-0.2, 0) is 30.6 Å². The van der Waals surface area contributed by atoms with E-state index in [2.05, 4.69) is 79.0 Å². The lowest BCUT2D eigenvalue weighted by molar-refractivity contribution is -0.126. The number of hydrogen-bond acceptors (Lipinski definition) is 5. The zero-order chi connectivity index (χ0) is 25.8. The van der Waals surface area contributed by atoms with Crippen LogP contribution in [0, 0.1) is 0 Å². The van der Waals surface area contributed by atoms with E-state index in [-0.39, 0.29) is 5.91 Å². The highest BCUT2D eigenvalue weighted by Crippen LogP contribution is 2.26. The van der Waals surface area contributed by atoms with Crippen LogP contribution in [0.3, 0.4) is 0 Å². The molecule has 3 aromatic heterocycles. The molecule has 5 rings (SSSR count). The van der Waals surface area contributed by atoms with Crippen molar-refractivity contribution in [3.05, 3.63) is 106 Å². The van der Waals surface area contributed by atoms with E-state index in [1.54, 1.807) is 25.2 Å². The molecule has 4 N–H and O–H groups in total. The second kappa shape index (κ2) is 10.7. The monoisotopic (exact) mass is 512 g/mol. The van der Waals surface area contributed by atoms with Crippen LogP contribution in [0.5, 0.6) is 0 Å². The third-order valence-corrected chi connectivity index (χ3v) is 7.39. The van der Waals surface area contributed by atoms with Crippen LogP contribution in [0.15, 0.2) is 78.3 Å². The van der Waals surface area contributed by atoms with Crippen molar-refractivity contribution in [3.8, 4) is 0 Å². The summed E-state index contributed by atoms with van der Waals surface area (Å²) in [6.07, 6.45) is 4.18. The number of nitrogens with zero attached hydrogens (tertiary/aromatic N) is 3. The van der Waals surface area contributed by atoms with Gasteiger partial charge in [0.1, 0.15) is 5.82 Å². The molecular formula is C29H32N6OS. The third kappa shape index (κ3) is 5.81.